The molecular weight excluding hydrogens is 320 g/mol. The second-order valence-electron chi connectivity index (χ2n) is 5.09. The molecule has 2 amide bonds. The second-order valence-corrected chi connectivity index (χ2v) is 6.00. The maximum absolute atomic E-state index is 12.2. The molecule has 5 heteroatoms. The van der Waals surface area contributed by atoms with Gasteiger partial charge in [0.05, 0.1) is 0 Å². The van der Waals surface area contributed by atoms with Crippen LogP contribution in [0.5, 0.6) is 0 Å². The fourth-order valence-electron chi connectivity index (χ4n) is 2.33. The van der Waals surface area contributed by atoms with E-state index < -0.39 is 6.04 Å². The summed E-state index contributed by atoms with van der Waals surface area (Å²) in [6.07, 6.45) is 3.29. The van der Waals surface area contributed by atoms with E-state index in [1.807, 2.05) is 17.0 Å². The number of carbonyl (C=O) groups is 2. The number of hydrogen-bond acceptors (Lipinski definition) is 2. The highest BCUT2D eigenvalue weighted by molar-refractivity contribution is 9.10. The van der Waals surface area contributed by atoms with Gasteiger partial charge in [-0.2, -0.15) is 0 Å². The molecule has 0 bridgehead atoms. The Balaban J connectivity index is 1.92. The van der Waals surface area contributed by atoms with Gasteiger partial charge >= 0.3 is 0 Å². The average Bonchev–Trinajstić information content (AvgIpc) is 2.48. The van der Waals surface area contributed by atoms with E-state index >= 15 is 0 Å². The first-order chi connectivity index (χ1) is 9.58. The zero-order valence-electron chi connectivity index (χ0n) is 11.6. The zero-order valence-corrected chi connectivity index (χ0v) is 13.1. The molecule has 20 heavy (non-hydrogen) atoms. The van der Waals surface area contributed by atoms with Crippen molar-refractivity contribution in [3.05, 3.63) is 34.3 Å². The van der Waals surface area contributed by atoms with Gasteiger partial charge in [-0.25, -0.2) is 0 Å². The van der Waals surface area contributed by atoms with E-state index in [0.717, 1.165) is 30.4 Å². The molecule has 4 nitrogen and oxygen atoms in total. The Hall–Kier alpha value is -1.36. The number of likely N-dealkylation sites (tertiary alicyclic amines) is 1. The molecule has 1 aliphatic rings. The number of amides is 2. The number of halogens is 1. The predicted octanol–water partition coefficient (Wildman–Crippen LogP) is 2.58. The van der Waals surface area contributed by atoms with Crippen molar-refractivity contribution in [1.82, 2.24) is 10.2 Å². The summed E-state index contributed by atoms with van der Waals surface area (Å²) in [6.45, 7) is 3.35. The normalized spacial score (nSPS) is 16.6. The van der Waals surface area contributed by atoms with Crippen molar-refractivity contribution in [2.75, 3.05) is 13.1 Å². The lowest BCUT2D eigenvalue weighted by atomic mass is 10.1. The summed E-state index contributed by atoms with van der Waals surface area (Å²) in [7, 11) is 0. The first-order valence-electron chi connectivity index (χ1n) is 6.93. The predicted molar refractivity (Wildman–Crippen MR) is 81.5 cm³/mol. The summed E-state index contributed by atoms with van der Waals surface area (Å²) in [6, 6.07) is 6.61. The van der Waals surface area contributed by atoms with Gasteiger partial charge in [0.25, 0.3) is 5.91 Å². The Labute approximate surface area is 127 Å². The van der Waals surface area contributed by atoms with E-state index in [2.05, 4.69) is 21.2 Å². The van der Waals surface area contributed by atoms with E-state index in [1.165, 1.54) is 6.42 Å². The van der Waals surface area contributed by atoms with Crippen LogP contribution in [-0.4, -0.2) is 35.8 Å². The molecule has 1 aromatic rings. The molecule has 1 aromatic carbocycles. The molecule has 0 aliphatic carbocycles. The molecule has 1 aliphatic heterocycles. The lowest BCUT2D eigenvalue weighted by Crippen LogP contribution is -2.48. The molecule has 1 fully saturated rings. The molecule has 0 spiro atoms. The third-order valence-electron chi connectivity index (χ3n) is 3.49. The molecule has 2 rings (SSSR count). The Bertz CT molecular complexity index is 481. The number of nitrogens with one attached hydrogen (secondary N) is 1. The third-order valence-corrected chi connectivity index (χ3v) is 4.02. The zero-order chi connectivity index (χ0) is 14.5. The summed E-state index contributed by atoms with van der Waals surface area (Å²) in [5.41, 5.74) is 0.562. The van der Waals surface area contributed by atoms with Crippen molar-refractivity contribution in [1.29, 1.82) is 0 Å². The fraction of sp³-hybridized carbons (Fsp3) is 0.467. The van der Waals surface area contributed by atoms with Gasteiger partial charge in [0.1, 0.15) is 6.04 Å². The highest BCUT2D eigenvalue weighted by atomic mass is 79.9. The van der Waals surface area contributed by atoms with Gasteiger partial charge in [-0.1, -0.05) is 15.9 Å². The van der Waals surface area contributed by atoms with Crippen LogP contribution in [0.2, 0.25) is 0 Å². The van der Waals surface area contributed by atoms with E-state index in [4.69, 9.17) is 0 Å². The SMILES string of the molecule is C[C@@H](NC(=O)c1ccc(Br)cc1)C(=O)N1CCCCC1. The Morgan fingerprint density at radius 1 is 1.15 bits per heavy atom. The van der Waals surface area contributed by atoms with Crippen LogP contribution in [0.15, 0.2) is 28.7 Å². The molecule has 1 saturated heterocycles. The highest BCUT2D eigenvalue weighted by Gasteiger charge is 2.23. The molecular formula is C15H19BrN2O2. The van der Waals surface area contributed by atoms with E-state index in [9.17, 15) is 9.59 Å². The van der Waals surface area contributed by atoms with Crippen LogP contribution in [0.1, 0.15) is 36.5 Å². The van der Waals surface area contributed by atoms with Gasteiger partial charge in [0, 0.05) is 23.1 Å². The van der Waals surface area contributed by atoms with Crippen LogP contribution in [-0.2, 0) is 4.79 Å². The molecule has 1 heterocycles. The van der Waals surface area contributed by atoms with Gasteiger partial charge in [-0.05, 0) is 50.5 Å². The van der Waals surface area contributed by atoms with E-state index in [-0.39, 0.29) is 11.8 Å². The molecule has 108 valence electrons. The van der Waals surface area contributed by atoms with Crippen LogP contribution < -0.4 is 5.32 Å². The topological polar surface area (TPSA) is 49.4 Å². The summed E-state index contributed by atoms with van der Waals surface area (Å²) in [5, 5.41) is 2.77. The summed E-state index contributed by atoms with van der Waals surface area (Å²) >= 11 is 3.33. The van der Waals surface area contributed by atoms with Gasteiger partial charge in [0.15, 0.2) is 0 Å². The van der Waals surface area contributed by atoms with E-state index in [1.54, 1.807) is 19.1 Å². The summed E-state index contributed by atoms with van der Waals surface area (Å²) < 4.78 is 0.923. The highest BCUT2D eigenvalue weighted by Crippen LogP contribution is 2.12. The first kappa shape index (κ1) is 15.0. The molecule has 0 radical (unpaired) electrons. The molecule has 1 atom stereocenters. The fourth-order valence-corrected chi connectivity index (χ4v) is 2.60. The molecule has 1 N–H and O–H groups in total. The van der Waals surface area contributed by atoms with E-state index in [0.29, 0.717) is 5.56 Å². The smallest absolute Gasteiger partial charge is 0.251 e. The summed E-state index contributed by atoms with van der Waals surface area (Å²) in [5.74, 6) is -0.203. The van der Waals surface area contributed by atoms with Crippen LogP contribution in [0.3, 0.4) is 0 Å². The van der Waals surface area contributed by atoms with Crippen molar-refractivity contribution >= 4 is 27.7 Å². The standard InChI is InChI=1S/C15H19BrN2O2/c1-11(15(20)18-9-3-2-4-10-18)17-14(19)12-5-7-13(16)8-6-12/h5-8,11H,2-4,9-10H2,1H3,(H,17,19)/t11-/m1/s1. The minimum absolute atomic E-state index is 0.00941. The lowest BCUT2D eigenvalue weighted by molar-refractivity contribution is -0.133. The third kappa shape index (κ3) is 3.82. The van der Waals surface area contributed by atoms with Crippen molar-refractivity contribution < 1.29 is 9.59 Å². The van der Waals surface area contributed by atoms with Crippen LogP contribution >= 0.6 is 15.9 Å². The average molecular weight is 339 g/mol. The number of nitrogens with zero attached hydrogens (tertiary/aromatic N) is 1. The van der Waals surface area contributed by atoms with Crippen molar-refractivity contribution in [2.45, 2.75) is 32.2 Å². The number of rotatable bonds is 3. The Morgan fingerprint density at radius 3 is 2.35 bits per heavy atom. The first-order valence-corrected chi connectivity index (χ1v) is 7.72. The van der Waals surface area contributed by atoms with Crippen molar-refractivity contribution in [3.8, 4) is 0 Å². The maximum atomic E-state index is 12.2. The quantitative estimate of drug-likeness (QED) is 0.920. The van der Waals surface area contributed by atoms with Crippen molar-refractivity contribution in [2.24, 2.45) is 0 Å². The molecule has 0 saturated carbocycles. The van der Waals surface area contributed by atoms with Gasteiger partial charge in [-0.3, -0.25) is 9.59 Å². The number of piperidine rings is 1. The molecule has 0 unspecified atom stereocenters. The minimum Gasteiger partial charge on any atom is -0.341 e. The maximum Gasteiger partial charge on any atom is 0.251 e. The number of benzene rings is 1. The number of carbonyl (C=O) groups excluding carboxylic acids is 2. The lowest BCUT2D eigenvalue weighted by Gasteiger charge is -2.29. The molecule has 0 aromatic heterocycles. The monoisotopic (exact) mass is 338 g/mol. The van der Waals surface area contributed by atoms with Gasteiger partial charge in [0.2, 0.25) is 5.91 Å². The largest absolute Gasteiger partial charge is 0.341 e. The number of hydrogen-bond donors (Lipinski definition) is 1. The van der Waals surface area contributed by atoms with Crippen LogP contribution in [0.25, 0.3) is 0 Å². The Kier molecular flexibility index (Phi) is 5.17. The van der Waals surface area contributed by atoms with Gasteiger partial charge in [-0.15, -0.1) is 0 Å². The van der Waals surface area contributed by atoms with Crippen LogP contribution in [0, 0.1) is 0 Å². The van der Waals surface area contributed by atoms with Crippen LogP contribution in [0.4, 0.5) is 0 Å². The van der Waals surface area contributed by atoms with Crippen molar-refractivity contribution in [3.63, 3.8) is 0 Å². The Morgan fingerprint density at radius 2 is 1.75 bits per heavy atom. The summed E-state index contributed by atoms with van der Waals surface area (Å²) in [4.78, 5) is 26.1. The second kappa shape index (κ2) is 6.88. The van der Waals surface area contributed by atoms with Gasteiger partial charge < -0.3 is 10.2 Å². The minimum atomic E-state index is -0.482.